The number of carbonyl (C=O) groups is 5. The van der Waals surface area contributed by atoms with Gasteiger partial charge in [-0.3, -0.25) is 24.0 Å². The molecule has 42 heavy (non-hydrogen) atoms. The van der Waals surface area contributed by atoms with Crippen LogP contribution in [0.15, 0.2) is 60.7 Å². The van der Waals surface area contributed by atoms with Gasteiger partial charge in [0.2, 0.25) is 0 Å². The van der Waals surface area contributed by atoms with Crippen LogP contribution in [0.2, 0.25) is 0 Å². The maximum Gasteiger partial charge on any atom is 0.303 e. The average Bonchev–Trinajstić information content (AvgIpc) is 2.92. The first-order valence-electron chi connectivity index (χ1n) is 13.1. The van der Waals surface area contributed by atoms with Crippen molar-refractivity contribution < 1.29 is 47.7 Å². The molecule has 10 nitrogen and oxygen atoms in total. The van der Waals surface area contributed by atoms with E-state index in [1.807, 2.05) is 60.7 Å². The Hall–Kier alpha value is -3.51. The van der Waals surface area contributed by atoms with Gasteiger partial charge in [-0.25, -0.2) is 0 Å². The fourth-order valence-electron chi connectivity index (χ4n) is 3.88. The second-order valence-corrected chi connectivity index (χ2v) is 11.7. The lowest BCUT2D eigenvalue weighted by molar-refractivity contribution is -0.201. The molecule has 0 aromatic heterocycles. The van der Waals surface area contributed by atoms with Gasteiger partial charge in [0.25, 0.3) is 0 Å². The van der Waals surface area contributed by atoms with Gasteiger partial charge in [-0.1, -0.05) is 60.7 Å². The minimum absolute atomic E-state index is 0.504. The van der Waals surface area contributed by atoms with E-state index in [1.165, 1.54) is 30.4 Å². The standard InChI is InChI=1S/C30H36O10S2/c1-19(31)36-16-26(37-20(2)32)27(38-21(3)33)28(39-22(4)34)29(40-23(5)35)30(41-17-24-12-8-6-9-13-24)42-18-25-14-10-7-11-15-25/h6-15,26-30H,16-18H2,1-5H3/t26-,27+,28-,29-/m0/s1. The van der Waals surface area contributed by atoms with Crippen LogP contribution in [0.25, 0.3) is 0 Å². The van der Waals surface area contributed by atoms with Crippen LogP contribution >= 0.6 is 23.5 Å². The van der Waals surface area contributed by atoms with Crippen molar-refractivity contribution >= 4 is 53.4 Å². The summed E-state index contributed by atoms with van der Waals surface area (Å²) in [4.78, 5) is 60.8. The summed E-state index contributed by atoms with van der Waals surface area (Å²) in [5.74, 6) is -2.64. The smallest absolute Gasteiger partial charge is 0.303 e. The Labute approximate surface area is 254 Å². The van der Waals surface area contributed by atoms with E-state index in [0.29, 0.717) is 11.5 Å². The molecule has 12 heteroatoms. The molecule has 228 valence electrons. The molecule has 0 bridgehead atoms. The molecule has 2 aromatic rings. The Morgan fingerprint density at radius 2 is 0.952 bits per heavy atom. The lowest BCUT2D eigenvalue weighted by atomic mass is 10.0. The Balaban J connectivity index is 2.60. The summed E-state index contributed by atoms with van der Waals surface area (Å²) in [5, 5.41) is 0. The van der Waals surface area contributed by atoms with Gasteiger partial charge in [0.15, 0.2) is 24.4 Å². The fraction of sp³-hybridized carbons (Fsp3) is 0.433. The summed E-state index contributed by atoms with van der Waals surface area (Å²) >= 11 is 2.88. The van der Waals surface area contributed by atoms with Crippen LogP contribution in [0.3, 0.4) is 0 Å². The van der Waals surface area contributed by atoms with E-state index in [-0.39, 0.29) is 0 Å². The second-order valence-electron chi connectivity index (χ2n) is 9.13. The van der Waals surface area contributed by atoms with Crippen LogP contribution in [-0.4, -0.2) is 65.5 Å². The quantitative estimate of drug-likeness (QED) is 0.149. The number of hydrogen-bond acceptors (Lipinski definition) is 12. The van der Waals surface area contributed by atoms with Gasteiger partial charge in [-0.15, -0.1) is 23.5 Å². The number of benzene rings is 2. The normalized spacial score (nSPS) is 13.7. The summed E-state index contributed by atoms with van der Waals surface area (Å²) in [5.41, 5.74) is 2.00. The number of ether oxygens (including phenoxy) is 5. The zero-order valence-electron chi connectivity index (χ0n) is 24.2. The Kier molecular flexibility index (Phi) is 15.0. The van der Waals surface area contributed by atoms with Crippen LogP contribution in [0.5, 0.6) is 0 Å². The highest BCUT2D eigenvalue weighted by Crippen LogP contribution is 2.37. The second kappa shape index (κ2) is 18.1. The lowest BCUT2D eigenvalue weighted by Gasteiger charge is -2.38. The van der Waals surface area contributed by atoms with Crippen molar-refractivity contribution in [2.45, 2.75) is 75.1 Å². The Bertz CT molecular complexity index is 1130. The number of rotatable bonds is 16. The van der Waals surface area contributed by atoms with Crippen LogP contribution in [0, 0.1) is 0 Å². The van der Waals surface area contributed by atoms with Crippen molar-refractivity contribution in [1.82, 2.24) is 0 Å². The molecule has 0 saturated carbocycles. The first-order chi connectivity index (χ1) is 20.0. The predicted octanol–water partition coefficient (Wildman–Crippen LogP) is 4.47. The maximum atomic E-state index is 12.5. The van der Waals surface area contributed by atoms with Gasteiger partial charge in [-0.2, -0.15) is 0 Å². The van der Waals surface area contributed by atoms with Crippen molar-refractivity contribution in [1.29, 1.82) is 0 Å². The molecule has 0 aliphatic rings. The molecule has 0 saturated heterocycles. The lowest BCUT2D eigenvalue weighted by Crippen LogP contribution is -2.55. The topological polar surface area (TPSA) is 132 Å². The molecular formula is C30H36O10S2. The van der Waals surface area contributed by atoms with Crippen molar-refractivity contribution in [3.63, 3.8) is 0 Å². The molecule has 0 fully saturated rings. The van der Waals surface area contributed by atoms with E-state index in [9.17, 15) is 24.0 Å². The highest BCUT2D eigenvalue weighted by atomic mass is 32.2. The third-order valence-electron chi connectivity index (χ3n) is 5.47. The Morgan fingerprint density at radius 3 is 1.36 bits per heavy atom. The van der Waals surface area contributed by atoms with Crippen molar-refractivity contribution in [3.8, 4) is 0 Å². The van der Waals surface area contributed by atoms with Crippen molar-refractivity contribution in [2.24, 2.45) is 0 Å². The van der Waals surface area contributed by atoms with Crippen LogP contribution < -0.4 is 0 Å². The molecule has 0 spiro atoms. The van der Waals surface area contributed by atoms with Gasteiger partial charge in [0.05, 0.1) is 4.58 Å². The molecular weight excluding hydrogens is 584 g/mol. The number of thioether (sulfide) groups is 2. The predicted molar refractivity (Wildman–Crippen MR) is 158 cm³/mol. The molecule has 0 aliphatic heterocycles. The van der Waals surface area contributed by atoms with Crippen LogP contribution in [0.4, 0.5) is 0 Å². The molecule has 0 radical (unpaired) electrons. The number of carbonyl (C=O) groups excluding carboxylic acids is 5. The maximum absolute atomic E-state index is 12.5. The van der Waals surface area contributed by atoms with Crippen molar-refractivity contribution in [3.05, 3.63) is 71.8 Å². The van der Waals surface area contributed by atoms with Gasteiger partial charge < -0.3 is 23.7 Å². The monoisotopic (exact) mass is 620 g/mol. The summed E-state index contributed by atoms with van der Waals surface area (Å²) < 4.78 is 26.9. The van der Waals surface area contributed by atoms with Crippen molar-refractivity contribution in [2.75, 3.05) is 6.61 Å². The van der Waals surface area contributed by atoms with E-state index >= 15 is 0 Å². The molecule has 2 rings (SSSR count). The zero-order valence-corrected chi connectivity index (χ0v) is 25.8. The minimum atomic E-state index is -1.49. The largest absolute Gasteiger partial charge is 0.462 e. The highest BCUT2D eigenvalue weighted by Gasteiger charge is 2.47. The average molecular weight is 621 g/mol. The SMILES string of the molecule is CC(=O)OC[C@H](OC(C)=O)[C@@H](OC(C)=O)[C@H](OC(C)=O)[C@H](OC(C)=O)C(SCc1ccccc1)SCc1ccccc1. The Morgan fingerprint density at radius 1 is 0.548 bits per heavy atom. The van der Waals surface area contributed by atoms with Crippen LogP contribution in [-0.2, 0) is 59.2 Å². The summed E-state index contributed by atoms with van der Waals surface area (Å²) in [7, 11) is 0. The summed E-state index contributed by atoms with van der Waals surface area (Å²) in [6, 6.07) is 19.2. The van der Waals surface area contributed by atoms with E-state index in [1.54, 1.807) is 0 Å². The molecule has 0 heterocycles. The molecule has 0 amide bonds. The molecule has 0 N–H and O–H groups in total. The third kappa shape index (κ3) is 13.0. The molecule has 0 unspecified atom stereocenters. The number of esters is 5. The van der Waals surface area contributed by atoms with Gasteiger partial charge >= 0.3 is 29.8 Å². The minimum Gasteiger partial charge on any atom is -0.462 e. The van der Waals surface area contributed by atoms with Gasteiger partial charge in [-0.05, 0) is 11.1 Å². The summed E-state index contributed by atoms with van der Waals surface area (Å²) in [6.07, 6.45) is -5.49. The first-order valence-corrected chi connectivity index (χ1v) is 15.2. The van der Waals surface area contributed by atoms with Gasteiger partial charge in [0.1, 0.15) is 6.61 Å². The number of hydrogen-bond donors (Lipinski definition) is 0. The molecule has 0 aliphatic carbocycles. The van der Waals surface area contributed by atoms with E-state index in [4.69, 9.17) is 23.7 Å². The van der Waals surface area contributed by atoms with Gasteiger partial charge in [0, 0.05) is 46.1 Å². The van der Waals surface area contributed by atoms with E-state index in [2.05, 4.69) is 0 Å². The van der Waals surface area contributed by atoms with E-state index < -0.39 is 65.5 Å². The first kappa shape index (κ1) is 34.7. The van der Waals surface area contributed by atoms with E-state index in [0.717, 1.165) is 38.8 Å². The third-order valence-corrected chi connectivity index (χ3v) is 8.48. The zero-order chi connectivity index (χ0) is 31.1. The molecule has 4 atom stereocenters. The fourth-order valence-corrected chi connectivity index (χ4v) is 6.57. The van der Waals surface area contributed by atoms with Crippen LogP contribution in [0.1, 0.15) is 45.7 Å². The highest BCUT2D eigenvalue weighted by molar-refractivity contribution is 8.16. The summed E-state index contributed by atoms with van der Waals surface area (Å²) in [6.45, 7) is 5.27. The molecule has 2 aromatic carbocycles.